The van der Waals surface area contributed by atoms with E-state index in [0.717, 1.165) is 28.5 Å². The minimum Gasteiger partial charge on any atom is -0.361 e. The second-order valence-electron chi connectivity index (χ2n) is 11.2. The zero-order chi connectivity index (χ0) is 27.6. The third kappa shape index (κ3) is 5.20. The molecular weight excluding hydrogens is 506 g/mol. The maximum atomic E-state index is 13.9. The van der Waals surface area contributed by atoms with Crippen LogP contribution < -0.4 is 10.6 Å². The van der Waals surface area contributed by atoms with Gasteiger partial charge in [-0.1, -0.05) is 48.5 Å². The van der Waals surface area contributed by atoms with Crippen molar-refractivity contribution >= 4 is 34.5 Å². The molecule has 1 aromatic heterocycles. The molecule has 6 rings (SSSR count). The van der Waals surface area contributed by atoms with E-state index in [4.69, 9.17) is 0 Å². The average molecular weight is 542 g/mol. The maximum absolute atomic E-state index is 13.9. The fourth-order valence-corrected chi connectivity index (χ4v) is 6.55. The van der Waals surface area contributed by atoms with Gasteiger partial charge in [0.05, 0.1) is 0 Å². The lowest BCUT2D eigenvalue weighted by Gasteiger charge is -2.32. The number of nitrogens with one attached hydrogen (secondary N) is 3. The number of aromatic amines is 1. The molecule has 40 heavy (non-hydrogen) atoms. The van der Waals surface area contributed by atoms with Gasteiger partial charge in [-0.15, -0.1) is 0 Å². The number of hydrogen-bond acceptors (Lipinski definition) is 4. The van der Waals surface area contributed by atoms with Gasteiger partial charge >= 0.3 is 0 Å². The largest absolute Gasteiger partial charge is 0.361 e. The topological polar surface area (TPSA) is 115 Å². The molecule has 3 aliphatic heterocycles. The SMILES string of the molecule is O=C1C[C@H](Cc2c[nH]c3ccccc23)NC(=O)[C@@H]2CCCN2C(=O)[C@@H]2CCCN2C(=O)[C@H](Cc2ccccc2)N1. The van der Waals surface area contributed by atoms with E-state index in [2.05, 4.69) is 15.6 Å². The fourth-order valence-electron chi connectivity index (χ4n) is 6.55. The molecule has 3 fully saturated rings. The number of fused-ring (bicyclic) bond motifs is 3. The van der Waals surface area contributed by atoms with Gasteiger partial charge in [-0.3, -0.25) is 19.2 Å². The molecule has 4 atom stereocenters. The van der Waals surface area contributed by atoms with Crippen molar-refractivity contribution in [2.24, 2.45) is 0 Å². The number of nitrogens with zero attached hydrogens (tertiary/aromatic N) is 2. The lowest BCUT2D eigenvalue weighted by Crippen LogP contribution is -2.56. The van der Waals surface area contributed by atoms with E-state index in [9.17, 15) is 19.2 Å². The standard InChI is InChI=1S/C31H35N5O4/c37-28-18-22(17-21-19-32-24-11-5-4-10-23(21)24)33-29(38)26-12-6-14-35(26)31(40)27-13-7-15-36(27)30(39)25(34-28)16-20-8-2-1-3-9-20/h1-5,8-11,19,22,25-27,32H,6-7,12-18H2,(H,33,38)(H,34,37)/t22-,25-,26-,27-/m0/s1. The maximum Gasteiger partial charge on any atom is 0.246 e. The van der Waals surface area contributed by atoms with Crippen LogP contribution in [-0.4, -0.2) is 75.7 Å². The molecule has 9 nitrogen and oxygen atoms in total. The molecule has 4 heterocycles. The van der Waals surface area contributed by atoms with Crippen LogP contribution >= 0.6 is 0 Å². The summed E-state index contributed by atoms with van der Waals surface area (Å²) < 4.78 is 0. The second-order valence-corrected chi connectivity index (χ2v) is 11.2. The summed E-state index contributed by atoms with van der Waals surface area (Å²) in [5.41, 5.74) is 2.91. The van der Waals surface area contributed by atoms with Gasteiger partial charge in [0.15, 0.2) is 0 Å². The summed E-state index contributed by atoms with van der Waals surface area (Å²) in [4.78, 5) is 61.3. The van der Waals surface area contributed by atoms with Crippen LogP contribution in [0.4, 0.5) is 0 Å². The number of aromatic nitrogens is 1. The van der Waals surface area contributed by atoms with Gasteiger partial charge in [-0.25, -0.2) is 0 Å². The Kier molecular flexibility index (Phi) is 7.28. The third-order valence-corrected chi connectivity index (χ3v) is 8.49. The van der Waals surface area contributed by atoms with E-state index in [0.29, 0.717) is 45.2 Å². The zero-order valence-electron chi connectivity index (χ0n) is 22.5. The Morgan fingerprint density at radius 1 is 0.750 bits per heavy atom. The fraction of sp³-hybridized carbons (Fsp3) is 0.419. The molecule has 0 radical (unpaired) electrons. The van der Waals surface area contributed by atoms with Gasteiger partial charge in [0.25, 0.3) is 0 Å². The summed E-state index contributed by atoms with van der Waals surface area (Å²) in [7, 11) is 0. The van der Waals surface area contributed by atoms with Crippen LogP contribution in [0.15, 0.2) is 60.8 Å². The molecule has 3 N–H and O–H groups in total. The first-order valence-corrected chi connectivity index (χ1v) is 14.3. The summed E-state index contributed by atoms with van der Waals surface area (Å²) in [6.45, 7) is 0.956. The van der Waals surface area contributed by atoms with Crippen molar-refractivity contribution in [3.05, 3.63) is 71.9 Å². The molecule has 0 aliphatic carbocycles. The van der Waals surface area contributed by atoms with Gasteiger partial charge in [-0.2, -0.15) is 0 Å². The van der Waals surface area contributed by atoms with E-state index < -0.39 is 24.2 Å². The molecule has 3 saturated heterocycles. The highest BCUT2D eigenvalue weighted by molar-refractivity contribution is 5.96. The van der Waals surface area contributed by atoms with Crippen LogP contribution in [0.1, 0.15) is 43.2 Å². The Bertz CT molecular complexity index is 1420. The summed E-state index contributed by atoms with van der Waals surface area (Å²) in [5, 5.41) is 7.13. The number of carbonyl (C=O) groups is 4. The van der Waals surface area contributed by atoms with Crippen molar-refractivity contribution in [1.82, 2.24) is 25.4 Å². The zero-order valence-corrected chi connectivity index (χ0v) is 22.5. The van der Waals surface area contributed by atoms with E-state index in [1.54, 1.807) is 9.80 Å². The second kappa shape index (κ2) is 11.2. The Balaban J connectivity index is 1.33. The van der Waals surface area contributed by atoms with Crippen molar-refractivity contribution in [2.45, 2.75) is 69.1 Å². The molecule has 3 aliphatic rings. The van der Waals surface area contributed by atoms with E-state index >= 15 is 0 Å². The number of amides is 4. The highest BCUT2D eigenvalue weighted by Gasteiger charge is 2.44. The summed E-state index contributed by atoms with van der Waals surface area (Å²) in [6, 6.07) is 15.0. The highest BCUT2D eigenvalue weighted by Crippen LogP contribution is 2.27. The molecule has 2 aromatic carbocycles. The molecular formula is C31H35N5O4. The Morgan fingerprint density at radius 2 is 1.45 bits per heavy atom. The van der Waals surface area contributed by atoms with Gasteiger partial charge in [0.2, 0.25) is 23.6 Å². The molecule has 3 aromatic rings. The predicted octanol–water partition coefficient (Wildman–Crippen LogP) is 2.31. The number of hydrogen-bond donors (Lipinski definition) is 3. The van der Waals surface area contributed by atoms with E-state index in [1.807, 2.05) is 60.8 Å². The lowest BCUT2D eigenvalue weighted by atomic mass is 10.0. The van der Waals surface area contributed by atoms with Crippen molar-refractivity contribution in [3.63, 3.8) is 0 Å². The first-order valence-electron chi connectivity index (χ1n) is 14.3. The van der Waals surface area contributed by atoms with Crippen LogP contribution in [-0.2, 0) is 32.0 Å². The molecule has 0 unspecified atom stereocenters. The van der Waals surface area contributed by atoms with Crippen molar-refractivity contribution in [3.8, 4) is 0 Å². The van der Waals surface area contributed by atoms with Gasteiger partial charge in [-0.05, 0) is 49.3 Å². The monoisotopic (exact) mass is 541 g/mol. The summed E-state index contributed by atoms with van der Waals surface area (Å²) >= 11 is 0. The minimum absolute atomic E-state index is 0.0217. The van der Waals surface area contributed by atoms with Crippen molar-refractivity contribution in [1.29, 1.82) is 0 Å². The number of rotatable bonds is 4. The normalized spacial score (nSPS) is 26.0. The minimum atomic E-state index is -0.803. The van der Waals surface area contributed by atoms with Crippen molar-refractivity contribution in [2.75, 3.05) is 13.1 Å². The smallest absolute Gasteiger partial charge is 0.246 e. The number of carbonyl (C=O) groups excluding carboxylic acids is 4. The summed E-state index contributed by atoms with van der Waals surface area (Å²) in [5.74, 6) is -0.945. The molecule has 0 saturated carbocycles. The van der Waals surface area contributed by atoms with E-state index in [1.165, 1.54) is 0 Å². The molecule has 0 spiro atoms. The van der Waals surface area contributed by atoms with Crippen molar-refractivity contribution < 1.29 is 19.2 Å². The van der Waals surface area contributed by atoms with Gasteiger partial charge < -0.3 is 25.4 Å². The molecule has 9 heteroatoms. The average Bonchev–Trinajstić information content (AvgIpc) is 3.72. The number of para-hydroxylation sites is 1. The first-order chi connectivity index (χ1) is 19.5. The van der Waals surface area contributed by atoms with Gasteiger partial charge in [0, 0.05) is 49.1 Å². The first kappa shape index (κ1) is 26.1. The van der Waals surface area contributed by atoms with Crippen LogP contribution in [0.25, 0.3) is 10.9 Å². The number of benzene rings is 2. The van der Waals surface area contributed by atoms with E-state index in [-0.39, 0.29) is 30.0 Å². The van der Waals surface area contributed by atoms with Gasteiger partial charge in [0.1, 0.15) is 18.1 Å². The molecule has 4 amide bonds. The summed E-state index contributed by atoms with van der Waals surface area (Å²) in [6.07, 6.45) is 5.28. The quantitative estimate of drug-likeness (QED) is 0.470. The Hall–Kier alpha value is -4.14. The highest BCUT2D eigenvalue weighted by atomic mass is 16.2. The number of H-pyrrole nitrogens is 1. The van der Waals surface area contributed by atoms with Crippen LogP contribution in [0.3, 0.4) is 0 Å². The van der Waals surface area contributed by atoms with Crippen LogP contribution in [0, 0.1) is 0 Å². The van der Waals surface area contributed by atoms with Crippen LogP contribution in [0.2, 0.25) is 0 Å². The lowest BCUT2D eigenvalue weighted by molar-refractivity contribution is -0.147. The van der Waals surface area contributed by atoms with Crippen LogP contribution in [0.5, 0.6) is 0 Å². The molecule has 208 valence electrons. The Labute approximate surface area is 233 Å². The molecule has 0 bridgehead atoms. The third-order valence-electron chi connectivity index (χ3n) is 8.49. The Morgan fingerprint density at radius 3 is 2.25 bits per heavy atom. The predicted molar refractivity (Wildman–Crippen MR) is 150 cm³/mol.